The zero-order chi connectivity index (χ0) is 23.2. The Kier molecular flexibility index (Phi) is 7.32. The minimum atomic E-state index is -0.553. The molecule has 3 aromatic carbocycles. The van der Waals surface area contributed by atoms with E-state index < -0.39 is 5.25 Å². The number of amides is 1. The molecule has 0 aliphatic heterocycles. The van der Waals surface area contributed by atoms with Crippen molar-refractivity contribution in [2.24, 2.45) is 7.05 Å². The van der Waals surface area contributed by atoms with Crippen LogP contribution in [-0.2, 0) is 11.8 Å². The first-order valence-electron chi connectivity index (χ1n) is 10.5. The molecule has 1 heterocycles. The lowest BCUT2D eigenvalue weighted by Crippen LogP contribution is -2.20. The maximum atomic E-state index is 13.5. The molecule has 6 nitrogen and oxygen atoms in total. The number of hydrogen-bond acceptors (Lipinski definition) is 5. The smallest absolute Gasteiger partial charge is 0.242 e. The van der Waals surface area contributed by atoms with Crippen LogP contribution in [0, 0.1) is 0 Å². The number of thioether (sulfide) groups is 1. The van der Waals surface area contributed by atoms with Crippen LogP contribution in [0.15, 0.2) is 84.0 Å². The maximum Gasteiger partial charge on any atom is 0.242 e. The predicted molar refractivity (Wildman–Crippen MR) is 133 cm³/mol. The quantitative estimate of drug-likeness (QED) is 0.314. The number of carbonyl (C=O) groups is 1. The van der Waals surface area contributed by atoms with Gasteiger partial charge < -0.3 is 14.6 Å². The molecule has 1 amide bonds. The molecule has 0 bridgehead atoms. The van der Waals surface area contributed by atoms with E-state index in [2.05, 4.69) is 15.5 Å². The van der Waals surface area contributed by atoms with Crippen molar-refractivity contribution in [2.75, 3.05) is 11.9 Å². The first-order valence-corrected chi connectivity index (χ1v) is 11.7. The number of halogens is 1. The van der Waals surface area contributed by atoms with Crippen molar-refractivity contribution >= 4 is 35.0 Å². The predicted octanol–water partition coefficient (Wildman–Crippen LogP) is 6.01. The summed E-state index contributed by atoms with van der Waals surface area (Å²) >= 11 is 7.69. The maximum absolute atomic E-state index is 13.5. The molecular formula is C25H23ClN4O2S. The monoisotopic (exact) mass is 478 g/mol. The summed E-state index contributed by atoms with van der Waals surface area (Å²) in [4.78, 5) is 13.5. The van der Waals surface area contributed by atoms with Gasteiger partial charge in [0.25, 0.3) is 0 Å². The molecule has 0 unspecified atom stereocenters. The molecule has 0 spiro atoms. The van der Waals surface area contributed by atoms with E-state index in [0.717, 1.165) is 11.1 Å². The van der Waals surface area contributed by atoms with Crippen LogP contribution in [0.25, 0.3) is 11.4 Å². The molecule has 4 rings (SSSR count). The molecule has 1 atom stereocenters. The van der Waals surface area contributed by atoms with Crippen molar-refractivity contribution in [3.8, 4) is 17.1 Å². The standard InChI is InChI=1S/C25H23ClN4O2S/c1-3-32-21-16-10-9-15-20(21)27-24(31)22(17-11-5-4-6-12-17)33-25-29-28-23(30(25)2)18-13-7-8-14-19(18)26/h4-16,22H,3H2,1-2H3,(H,27,31)/t22-/m0/s1. The summed E-state index contributed by atoms with van der Waals surface area (Å²) in [7, 11) is 1.87. The fourth-order valence-electron chi connectivity index (χ4n) is 3.35. The summed E-state index contributed by atoms with van der Waals surface area (Å²) in [5.41, 5.74) is 2.27. The van der Waals surface area contributed by atoms with Crippen molar-refractivity contribution in [1.82, 2.24) is 14.8 Å². The largest absolute Gasteiger partial charge is 0.492 e. The Balaban J connectivity index is 1.65. The molecule has 4 aromatic rings. The van der Waals surface area contributed by atoms with Gasteiger partial charge in [0.2, 0.25) is 5.91 Å². The molecule has 1 N–H and O–H groups in total. The van der Waals surface area contributed by atoms with E-state index in [4.69, 9.17) is 16.3 Å². The van der Waals surface area contributed by atoms with Crippen LogP contribution in [0.1, 0.15) is 17.7 Å². The van der Waals surface area contributed by atoms with Crippen LogP contribution in [0.4, 0.5) is 5.69 Å². The van der Waals surface area contributed by atoms with Crippen molar-refractivity contribution in [3.63, 3.8) is 0 Å². The summed E-state index contributed by atoms with van der Waals surface area (Å²) in [5.74, 6) is 1.09. The zero-order valence-electron chi connectivity index (χ0n) is 18.2. The molecule has 8 heteroatoms. The highest BCUT2D eigenvalue weighted by Crippen LogP contribution is 2.38. The lowest BCUT2D eigenvalue weighted by molar-refractivity contribution is -0.115. The molecule has 0 fully saturated rings. The molecular weight excluding hydrogens is 456 g/mol. The Labute approximate surface area is 202 Å². The topological polar surface area (TPSA) is 69.0 Å². The van der Waals surface area contributed by atoms with Gasteiger partial charge in [-0.15, -0.1) is 10.2 Å². The van der Waals surface area contributed by atoms with Gasteiger partial charge in [-0.3, -0.25) is 4.79 Å². The Morgan fingerprint density at radius 2 is 1.73 bits per heavy atom. The van der Waals surface area contributed by atoms with Crippen LogP contribution in [0.5, 0.6) is 5.75 Å². The van der Waals surface area contributed by atoms with Crippen molar-refractivity contribution in [1.29, 1.82) is 0 Å². The Bertz CT molecular complexity index is 1250. The minimum Gasteiger partial charge on any atom is -0.492 e. The summed E-state index contributed by atoms with van der Waals surface area (Å²) in [6.07, 6.45) is 0. The van der Waals surface area contributed by atoms with Gasteiger partial charge in [0.05, 0.1) is 17.3 Å². The van der Waals surface area contributed by atoms with Crippen LogP contribution in [0.2, 0.25) is 5.02 Å². The van der Waals surface area contributed by atoms with Crippen LogP contribution >= 0.6 is 23.4 Å². The van der Waals surface area contributed by atoms with Gasteiger partial charge in [-0.05, 0) is 36.8 Å². The Morgan fingerprint density at radius 1 is 1.03 bits per heavy atom. The third kappa shape index (κ3) is 5.21. The number of nitrogens with one attached hydrogen (secondary N) is 1. The third-order valence-electron chi connectivity index (χ3n) is 4.96. The number of carbonyl (C=O) groups excluding carboxylic acids is 1. The van der Waals surface area contributed by atoms with E-state index in [0.29, 0.717) is 34.0 Å². The molecule has 33 heavy (non-hydrogen) atoms. The lowest BCUT2D eigenvalue weighted by Gasteiger charge is -2.18. The van der Waals surface area contributed by atoms with Gasteiger partial charge in [-0.1, -0.05) is 78.0 Å². The van der Waals surface area contributed by atoms with Gasteiger partial charge in [0.15, 0.2) is 11.0 Å². The SMILES string of the molecule is CCOc1ccccc1NC(=O)[C@@H](Sc1nnc(-c2ccccc2Cl)n1C)c1ccccc1. The molecule has 0 aliphatic rings. The van der Waals surface area contributed by atoms with Gasteiger partial charge in [0, 0.05) is 12.6 Å². The van der Waals surface area contributed by atoms with Gasteiger partial charge in [-0.25, -0.2) is 0 Å². The summed E-state index contributed by atoms with van der Waals surface area (Å²) in [5, 5.41) is 12.3. The third-order valence-corrected chi connectivity index (χ3v) is 6.58. The normalized spacial score (nSPS) is 11.7. The first kappa shape index (κ1) is 22.9. The average Bonchev–Trinajstić information content (AvgIpc) is 3.19. The van der Waals surface area contributed by atoms with Crippen molar-refractivity contribution < 1.29 is 9.53 Å². The molecule has 0 saturated carbocycles. The summed E-state index contributed by atoms with van der Waals surface area (Å²) < 4.78 is 7.51. The van der Waals surface area contributed by atoms with Crippen LogP contribution in [-0.4, -0.2) is 27.3 Å². The fourth-order valence-corrected chi connectivity index (χ4v) is 4.57. The second-order valence-corrected chi connectivity index (χ2v) is 8.65. The van der Waals surface area contributed by atoms with E-state index in [1.54, 1.807) is 0 Å². The van der Waals surface area contributed by atoms with Crippen molar-refractivity contribution in [2.45, 2.75) is 17.3 Å². The number of para-hydroxylation sites is 2. The number of hydrogen-bond donors (Lipinski definition) is 1. The molecule has 1 aromatic heterocycles. The van der Waals surface area contributed by atoms with Gasteiger partial charge >= 0.3 is 0 Å². The van der Waals surface area contributed by atoms with Crippen molar-refractivity contribution in [3.05, 3.63) is 89.4 Å². The zero-order valence-corrected chi connectivity index (χ0v) is 19.8. The highest BCUT2D eigenvalue weighted by atomic mass is 35.5. The molecule has 0 aliphatic carbocycles. The molecule has 0 saturated heterocycles. The number of aromatic nitrogens is 3. The Hall–Kier alpha value is -3.29. The molecule has 168 valence electrons. The van der Waals surface area contributed by atoms with Gasteiger partial charge in [0.1, 0.15) is 11.0 Å². The van der Waals surface area contributed by atoms with E-state index in [-0.39, 0.29) is 5.91 Å². The van der Waals surface area contributed by atoms with Crippen LogP contribution in [0.3, 0.4) is 0 Å². The first-order chi connectivity index (χ1) is 16.1. The number of benzene rings is 3. The number of anilines is 1. The van der Waals surface area contributed by atoms with Crippen LogP contribution < -0.4 is 10.1 Å². The highest BCUT2D eigenvalue weighted by molar-refractivity contribution is 8.00. The van der Waals surface area contributed by atoms with E-state index in [1.165, 1.54) is 11.8 Å². The number of nitrogens with zero attached hydrogens (tertiary/aromatic N) is 3. The average molecular weight is 479 g/mol. The van der Waals surface area contributed by atoms with E-state index in [9.17, 15) is 4.79 Å². The second kappa shape index (κ2) is 10.6. The summed E-state index contributed by atoms with van der Waals surface area (Å²) in [6.45, 7) is 2.42. The summed E-state index contributed by atoms with van der Waals surface area (Å²) in [6, 6.07) is 24.5. The number of rotatable bonds is 8. The fraction of sp³-hybridized carbons (Fsp3) is 0.160. The van der Waals surface area contributed by atoms with Gasteiger partial charge in [-0.2, -0.15) is 0 Å². The molecule has 0 radical (unpaired) electrons. The minimum absolute atomic E-state index is 0.180. The van der Waals surface area contributed by atoms with E-state index >= 15 is 0 Å². The lowest BCUT2D eigenvalue weighted by atomic mass is 10.1. The van der Waals surface area contributed by atoms with E-state index in [1.807, 2.05) is 97.4 Å². The second-order valence-electron chi connectivity index (χ2n) is 7.17. The highest BCUT2D eigenvalue weighted by Gasteiger charge is 2.26. The number of ether oxygens (including phenoxy) is 1. The Morgan fingerprint density at radius 3 is 2.48 bits per heavy atom.